The average Bonchev–Trinajstić information content (AvgIpc) is 2.32. The van der Waals surface area contributed by atoms with Crippen LogP contribution < -0.4 is 5.32 Å². The van der Waals surface area contributed by atoms with Crippen LogP contribution in [0.2, 0.25) is 0 Å². The first kappa shape index (κ1) is 12.2. The lowest BCUT2D eigenvalue weighted by Crippen LogP contribution is -2.30. The Balaban J connectivity index is 0.000000151. The van der Waals surface area contributed by atoms with E-state index in [9.17, 15) is 0 Å². The van der Waals surface area contributed by atoms with E-state index in [1.54, 1.807) is 0 Å². The Kier molecular flexibility index (Phi) is 6.05. The van der Waals surface area contributed by atoms with Crippen LogP contribution in [0.4, 0.5) is 0 Å². The Morgan fingerprint density at radius 1 is 1.20 bits per heavy atom. The third-order valence-corrected chi connectivity index (χ3v) is 2.56. The highest BCUT2D eigenvalue weighted by Gasteiger charge is 2.06. The van der Waals surface area contributed by atoms with E-state index in [4.69, 9.17) is 5.11 Å². The number of hydrogen-bond donors (Lipinski definition) is 2. The van der Waals surface area contributed by atoms with Gasteiger partial charge in [0.05, 0.1) is 6.10 Å². The summed E-state index contributed by atoms with van der Waals surface area (Å²) in [5.74, 6) is 0. The molecule has 1 aromatic rings. The number of aliphatic hydroxyl groups excluding tert-OH is 1. The van der Waals surface area contributed by atoms with Crippen LogP contribution in [0.15, 0.2) is 30.3 Å². The molecule has 2 rings (SSSR count). The smallest absolute Gasteiger partial charge is 0.0564 e. The summed E-state index contributed by atoms with van der Waals surface area (Å²) in [4.78, 5) is 0. The first-order valence-electron chi connectivity index (χ1n) is 5.75. The van der Waals surface area contributed by atoms with Crippen LogP contribution in [0.1, 0.15) is 25.3 Å². The van der Waals surface area contributed by atoms with Crippen LogP contribution in [0, 0.1) is 0 Å². The zero-order valence-electron chi connectivity index (χ0n) is 9.45. The van der Waals surface area contributed by atoms with Gasteiger partial charge in [0.1, 0.15) is 0 Å². The van der Waals surface area contributed by atoms with E-state index >= 15 is 0 Å². The summed E-state index contributed by atoms with van der Waals surface area (Å²) in [6.07, 6.45) is 2.97. The van der Waals surface area contributed by atoms with Crippen molar-refractivity contribution in [1.82, 2.24) is 5.32 Å². The summed E-state index contributed by atoms with van der Waals surface area (Å²) in [7, 11) is 0. The normalized spacial score (nSPS) is 16.7. The molecule has 1 aliphatic heterocycles. The molecule has 2 heteroatoms. The molecule has 0 aliphatic carbocycles. The maximum atomic E-state index is 8.87. The summed E-state index contributed by atoms with van der Waals surface area (Å²) >= 11 is 0. The van der Waals surface area contributed by atoms with Gasteiger partial charge in [0.25, 0.3) is 0 Å². The van der Waals surface area contributed by atoms with Crippen LogP contribution >= 0.6 is 0 Å². The van der Waals surface area contributed by atoms with Crippen LogP contribution in [-0.4, -0.2) is 24.3 Å². The Bertz CT molecular complexity index is 242. The molecular formula is C13H21NO. The monoisotopic (exact) mass is 207 g/mol. The second-order valence-corrected chi connectivity index (χ2v) is 3.82. The molecule has 1 aliphatic rings. The van der Waals surface area contributed by atoms with Crippen LogP contribution in [0.3, 0.4) is 0 Å². The zero-order valence-corrected chi connectivity index (χ0v) is 9.45. The number of aryl methyl sites for hydroxylation is 1. The summed E-state index contributed by atoms with van der Waals surface area (Å²) in [5.41, 5.74) is 1.41. The SMILES string of the molecule is CCc1ccccc1.OC1CCNCC1. The minimum Gasteiger partial charge on any atom is -0.393 e. The van der Waals surface area contributed by atoms with Gasteiger partial charge in [0, 0.05) is 0 Å². The van der Waals surface area contributed by atoms with Crippen molar-refractivity contribution in [2.75, 3.05) is 13.1 Å². The average molecular weight is 207 g/mol. The van der Waals surface area contributed by atoms with E-state index in [2.05, 4.69) is 36.5 Å². The van der Waals surface area contributed by atoms with Gasteiger partial charge in [-0.25, -0.2) is 0 Å². The van der Waals surface area contributed by atoms with Gasteiger partial charge in [-0.05, 0) is 37.9 Å². The lowest BCUT2D eigenvalue weighted by molar-refractivity contribution is 0.137. The second-order valence-electron chi connectivity index (χ2n) is 3.82. The molecule has 84 valence electrons. The van der Waals surface area contributed by atoms with Gasteiger partial charge in [-0.3, -0.25) is 0 Å². The third-order valence-electron chi connectivity index (χ3n) is 2.56. The van der Waals surface area contributed by atoms with Crippen LogP contribution in [0.25, 0.3) is 0 Å². The van der Waals surface area contributed by atoms with Crippen molar-refractivity contribution in [1.29, 1.82) is 0 Å². The molecule has 0 bridgehead atoms. The number of benzene rings is 1. The molecule has 2 nitrogen and oxygen atoms in total. The number of aliphatic hydroxyl groups is 1. The number of rotatable bonds is 1. The van der Waals surface area contributed by atoms with Gasteiger partial charge >= 0.3 is 0 Å². The van der Waals surface area contributed by atoms with E-state index in [-0.39, 0.29) is 6.10 Å². The van der Waals surface area contributed by atoms with Crippen molar-refractivity contribution in [3.63, 3.8) is 0 Å². The molecule has 1 heterocycles. The van der Waals surface area contributed by atoms with Crippen molar-refractivity contribution in [3.8, 4) is 0 Å². The van der Waals surface area contributed by atoms with E-state index in [0.29, 0.717) is 0 Å². The molecule has 0 spiro atoms. The predicted octanol–water partition coefficient (Wildman–Crippen LogP) is 1.98. The molecule has 15 heavy (non-hydrogen) atoms. The Morgan fingerprint density at radius 3 is 2.13 bits per heavy atom. The zero-order chi connectivity index (χ0) is 10.9. The Morgan fingerprint density at radius 2 is 1.80 bits per heavy atom. The van der Waals surface area contributed by atoms with Crippen molar-refractivity contribution >= 4 is 0 Å². The molecule has 0 unspecified atom stereocenters. The van der Waals surface area contributed by atoms with E-state index in [1.165, 1.54) is 5.56 Å². The predicted molar refractivity (Wildman–Crippen MR) is 63.9 cm³/mol. The van der Waals surface area contributed by atoms with Crippen molar-refractivity contribution in [3.05, 3.63) is 35.9 Å². The topological polar surface area (TPSA) is 32.3 Å². The van der Waals surface area contributed by atoms with Crippen molar-refractivity contribution < 1.29 is 5.11 Å². The molecular weight excluding hydrogens is 186 g/mol. The highest BCUT2D eigenvalue weighted by atomic mass is 16.3. The lowest BCUT2D eigenvalue weighted by atomic mass is 10.1. The largest absolute Gasteiger partial charge is 0.393 e. The maximum Gasteiger partial charge on any atom is 0.0564 e. The molecule has 1 aromatic carbocycles. The first-order valence-corrected chi connectivity index (χ1v) is 5.75. The standard InChI is InChI=1S/C8H10.C5H11NO/c1-2-8-6-4-3-5-7-8;7-5-1-3-6-4-2-5/h3-7H,2H2,1H3;5-7H,1-4H2. The molecule has 0 radical (unpaired) electrons. The minimum atomic E-state index is -0.0266. The maximum absolute atomic E-state index is 8.87. The quantitative estimate of drug-likeness (QED) is 0.738. The van der Waals surface area contributed by atoms with Gasteiger partial charge in [-0.1, -0.05) is 37.3 Å². The Hall–Kier alpha value is -0.860. The lowest BCUT2D eigenvalue weighted by Gasteiger charge is -2.16. The molecule has 0 saturated carbocycles. The van der Waals surface area contributed by atoms with Gasteiger partial charge in [0.15, 0.2) is 0 Å². The van der Waals surface area contributed by atoms with Gasteiger partial charge in [0.2, 0.25) is 0 Å². The van der Waals surface area contributed by atoms with Crippen LogP contribution in [-0.2, 0) is 6.42 Å². The van der Waals surface area contributed by atoms with E-state index < -0.39 is 0 Å². The van der Waals surface area contributed by atoms with Crippen molar-refractivity contribution in [2.45, 2.75) is 32.3 Å². The fourth-order valence-electron chi connectivity index (χ4n) is 1.52. The molecule has 1 saturated heterocycles. The first-order chi connectivity index (χ1) is 7.33. The van der Waals surface area contributed by atoms with Gasteiger partial charge in [-0.2, -0.15) is 0 Å². The summed E-state index contributed by atoms with van der Waals surface area (Å²) in [6.45, 7) is 4.14. The second kappa shape index (κ2) is 7.43. The highest BCUT2D eigenvalue weighted by Crippen LogP contribution is 1.99. The number of piperidine rings is 1. The van der Waals surface area contributed by atoms with E-state index in [1.807, 2.05) is 6.07 Å². The van der Waals surface area contributed by atoms with Crippen LogP contribution in [0.5, 0.6) is 0 Å². The minimum absolute atomic E-state index is 0.0266. The number of nitrogens with one attached hydrogen (secondary N) is 1. The molecule has 1 fully saturated rings. The third kappa shape index (κ3) is 5.55. The van der Waals surface area contributed by atoms with E-state index in [0.717, 1.165) is 32.4 Å². The van der Waals surface area contributed by atoms with Gasteiger partial charge < -0.3 is 10.4 Å². The fourth-order valence-corrected chi connectivity index (χ4v) is 1.52. The number of hydrogen-bond acceptors (Lipinski definition) is 2. The fraction of sp³-hybridized carbons (Fsp3) is 0.538. The molecule has 2 N–H and O–H groups in total. The Labute approximate surface area is 92.3 Å². The summed E-state index contributed by atoms with van der Waals surface area (Å²) in [6, 6.07) is 10.5. The van der Waals surface area contributed by atoms with Gasteiger partial charge in [-0.15, -0.1) is 0 Å². The molecule has 0 amide bonds. The highest BCUT2D eigenvalue weighted by molar-refractivity contribution is 5.13. The molecule has 0 aromatic heterocycles. The summed E-state index contributed by atoms with van der Waals surface area (Å²) < 4.78 is 0. The molecule has 0 atom stereocenters. The summed E-state index contributed by atoms with van der Waals surface area (Å²) in [5, 5.41) is 12.0. The van der Waals surface area contributed by atoms with Crippen molar-refractivity contribution in [2.24, 2.45) is 0 Å².